The summed E-state index contributed by atoms with van der Waals surface area (Å²) in [4.78, 5) is 0. The summed E-state index contributed by atoms with van der Waals surface area (Å²) in [6, 6.07) is 0. The molecule has 0 heterocycles. The van der Waals surface area contributed by atoms with Gasteiger partial charge < -0.3 is 0 Å². The van der Waals surface area contributed by atoms with Crippen LogP contribution >= 0.6 is 0 Å². The highest BCUT2D eigenvalue weighted by Gasteiger charge is 2.39. The molecule has 3 aliphatic rings. The molecule has 0 saturated heterocycles. The van der Waals surface area contributed by atoms with Crippen molar-refractivity contribution < 1.29 is 0 Å². The Bertz CT molecular complexity index is 82.2. The van der Waals surface area contributed by atoms with Gasteiger partial charge in [0.2, 0.25) is 0 Å². The monoisotopic (exact) mass is 110 g/mol. The first-order valence-corrected chi connectivity index (χ1v) is 3.88. The van der Waals surface area contributed by atoms with Crippen LogP contribution in [0.1, 0.15) is 32.6 Å². The maximum Gasteiger partial charge on any atom is -0.0383 e. The highest BCUT2D eigenvalue weighted by atomic mass is 14.4. The first-order valence-electron chi connectivity index (χ1n) is 3.88. The Morgan fingerprint density at radius 2 is 1.75 bits per heavy atom. The van der Waals surface area contributed by atoms with Crippen LogP contribution in [0.25, 0.3) is 0 Å². The van der Waals surface area contributed by atoms with E-state index in [1.165, 1.54) is 19.3 Å². The van der Waals surface area contributed by atoms with E-state index in [2.05, 4.69) is 6.92 Å². The lowest BCUT2D eigenvalue weighted by Gasteiger charge is -2.47. The summed E-state index contributed by atoms with van der Waals surface area (Å²) in [6.45, 7) is 2.43. The van der Waals surface area contributed by atoms with Gasteiger partial charge in [0.15, 0.2) is 0 Å². The molecule has 0 aromatic carbocycles. The molecular formula is C8H14. The summed E-state index contributed by atoms with van der Waals surface area (Å²) >= 11 is 0. The smallest absolute Gasteiger partial charge is 0.0383 e. The van der Waals surface area contributed by atoms with Crippen LogP contribution < -0.4 is 0 Å². The van der Waals surface area contributed by atoms with E-state index in [0.29, 0.717) is 0 Å². The van der Waals surface area contributed by atoms with E-state index in [1.807, 2.05) is 0 Å². The van der Waals surface area contributed by atoms with Crippen LogP contribution in [0, 0.1) is 17.8 Å². The van der Waals surface area contributed by atoms with Crippen LogP contribution in [0.15, 0.2) is 0 Å². The lowest BCUT2D eigenvalue weighted by atomic mass is 9.58. The van der Waals surface area contributed by atoms with Crippen molar-refractivity contribution >= 4 is 0 Å². The fourth-order valence-electron chi connectivity index (χ4n) is 2.41. The fraction of sp³-hybridized carbons (Fsp3) is 1.00. The van der Waals surface area contributed by atoms with Crippen molar-refractivity contribution in [2.75, 3.05) is 0 Å². The molecule has 3 aliphatic carbocycles. The van der Waals surface area contributed by atoms with Crippen molar-refractivity contribution in [3.05, 3.63) is 0 Å². The molecule has 2 unspecified atom stereocenters. The molecule has 0 radical (unpaired) electrons. The maximum absolute atomic E-state index is 2.43. The molecule has 0 amide bonds. The first kappa shape index (κ1) is 4.84. The maximum atomic E-state index is 2.43. The van der Waals surface area contributed by atoms with Crippen molar-refractivity contribution in [3.8, 4) is 0 Å². The summed E-state index contributed by atoms with van der Waals surface area (Å²) in [7, 11) is 0. The van der Waals surface area contributed by atoms with Crippen LogP contribution in [-0.2, 0) is 0 Å². The van der Waals surface area contributed by atoms with Gasteiger partial charge in [-0.25, -0.2) is 0 Å². The van der Waals surface area contributed by atoms with Crippen molar-refractivity contribution in [1.82, 2.24) is 0 Å². The molecule has 2 bridgehead atoms. The van der Waals surface area contributed by atoms with Gasteiger partial charge >= 0.3 is 0 Å². The molecule has 0 nitrogen and oxygen atoms in total. The van der Waals surface area contributed by atoms with Crippen LogP contribution in [0.5, 0.6) is 0 Å². The lowest BCUT2D eigenvalue weighted by Crippen LogP contribution is -2.38. The topological polar surface area (TPSA) is 0 Å². The van der Waals surface area contributed by atoms with Crippen LogP contribution in [0.2, 0.25) is 0 Å². The minimum atomic E-state index is 1.10. The second-order valence-corrected chi connectivity index (χ2v) is 3.55. The summed E-state index contributed by atoms with van der Waals surface area (Å²) in [6.07, 6.45) is 6.18. The Kier molecular flexibility index (Phi) is 0.902. The summed E-state index contributed by atoms with van der Waals surface area (Å²) in [5.74, 6) is 3.39. The lowest BCUT2D eigenvalue weighted by molar-refractivity contribution is 0.0284. The van der Waals surface area contributed by atoms with E-state index in [9.17, 15) is 0 Å². The zero-order valence-corrected chi connectivity index (χ0v) is 5.56. The van der Waals surface area contributed by atoms with Gasteiger partial charge in [-0.1, -0.05) is 26.2 Å². The number of rotatable bonds is 0. The van der Waals surface area contributed by atoms with Crippen LogP contribution in [0.3, 0.4) is 0 Å². The molecule has 0 heteroatoms. The summed E-state index contributed by atoms with van der Waals surface area (Å²) in [5, 5.41) is 0. The van der Waals surface area contributed by atoms with E-state index in [4.69, 9.17) is 0 Å². The molecule has 3 rings (SSSR count). The minimum absolute atomic E-state index is 1.10. The zero-order valence-electron chi connectivity index (χ0n) is 5.56. The Morgan fingerprint density at radius 3 is 2.00 bits per heavy atom. The highest BCUT2D eigenvalue weighted by molar-refractivity contribution is 4.90. The van der Waals surface area contributed by atoms with Crippen molar-refractivity contribution in [3.63, 3.8) is 0 Å². The first-order chi connectivity index (χ1) is 3.88. The zero-order chi connectivity index (χ0) is 5.56. The molecule has 3 atom stereocenters. The van der Waals surface area contributed by atoms with Crippen molar-refractivity contribution in [2.45, 2.75) is 32.6 Å². The summed E-state index contributed by atoms with van der Waals surface area (Å²) < 4.78 is 0. The normalized spacial score (nSPS) is 52.9. The van der Waals surface area contributed by atoms with E-state index in [0.717, 1.165) is 17.8 Å². The highest BCUT2D eigenvalue weighted by Crippen LogP contribution is 2.49. The summed E-state index contributed by atoms with van der Waals surface area (Å²) in [5.41, 5.74) is 0. The van der Waals surface area contributed by atoms with Crippen LogP contribution in [-0.4, -0.2) is 0 Å². The van der Waals surface area contributed by atoms with Gasteiger partial charge in [-0.3, -0.25) is 0 Å². The van der Waals surface area contributed by atoms with E-state index in [1.54, 1.807) is 6.42 Å². The predicted molar refractivity (Wildman–Crippen MR) is 34.6 cm³/mol. The third-order valence-corrected chi connectivity index (χ3v) is 3.24. The Morgan fingerprint density at radius 1 is 1.12 bits per heavy atom. The average Bonchev–Trinajstić information content (AvgIpc) is 1.89. The second kappa shape index (κ2) is 1.49. The van der Waals surface area contributed by atoms with Gasteiger partial charge in [-0.2, -0.15) is 0 Å². The number of hydrogen-bond acceptors (Lipinski definition) is 0. The van der Waals surface area contributed by atoms with Gasteiger partial charge in [-0.05, 0) is 24.2 Å². The van der Waals surface area contributed by atoms with Gasteiger partial charge in [0, 0.05) is 0 Å². The predicted octanol–water partition coefficient (Wildman–Crippen LogP) is 2.44. The van der Waals surface area contributed by atoms with Gasteiger partial charge in [-0.15, -0.1) is 0 Å². The number of fused-ring (bicyclic) bond motifs is 2. The van der Waals surface area contributed by atoms with Crippen LogP contribution in [0.4, 0.5) is 0 Å². The third kappa shape index (κ3) is 0.463. The standard InChI is InChI=1S/C8H14/c1-6-7-3-2-4-8(6)5-7/h6-8H,2-5H2,1H3/t6?,7-,8?/m1/s1. The number of hydrogen-bond donors (Lipinski definition) is 0. The van der Waals surface area contributed by atoms with E-state index >= 15 is 0 Å². The Balaban J connectivity index is 2.03. The Labute approximate surface area is 51.3 Å². The molecule has 46 valence electrons. The van der Waals surface area contributed by atoms with Gasteiger partial charge in [0.1, 0.15) is 0 Å². The second-order valence-electron chi connectivity index (χ2n) is 3.55. The molecule has 0 spiro atoms. The molecule has 3 saturated carbocycles. The van der Waals surface area contributed by atoms with Gasteiger partial charge in [0.05, 0.1) is 0 Å². The SMILES string of the molecule is CC1C2CCC[C@@H]1C2. The molecular weight excluding hydrogens is 96.1 g/mol. The van der Waals surface area contributed by atoms with Gasteiger partial charge in [0.25, 0.3) is 0 Å². The molecule has 0 aromatic heterocycles. The molecule has 0 aromatic rings. The minimum Gasteiger partial charge on any atom is -0.0620 e. The molecule has 8 heavy (non-hydrogen) atoms. The molecule has 3 fully saturated rings. The largest absolute Gasteiger partial charge is 0.0620 e. The van der Waals surface area contributed by atoms with E-state index in [-0.39, 0.29) is 0 Å². The third-order valence-electron chi connectivity index (χ3n) is 3.24. The average molecular weight is 110 g/mol. The fourth-order valence-corrected chi connectivity index (χ4v) is 2.41. The molecule has 0 aliphatic heterocycles. The van der Waals surface area contributed by atoms with Crippen molar-refractivity contribution in [2.24, 2.45) is 17.8 Å². The Hall–Kier alpha value is 0. The quantitative estimate of drug-likeness (QED) is 0.449. The molecule has 0 N–H and O–H groups in total. The van der Waals surface area contributed by atoms with Crippen molar-refractivity contribution in [1.29, 1.82) is 0 Å². The van der Waals surface area contributed by atoms with E-state index < -0.39 is 0 Å².